The van der Waals surface area contributed by atoms with Gasteiger partial charge in [-0.25, -0.2) is 0 Å². The van der Waals surface area contributed by atoms with Crippen LogP contribution in [0.4, 0.5) is 0 Å². The van der Waals surface area contributed by atoms with Gasteiger partial charge in [0.1, 0.15) is 0 Å². The highest BCUT2D eigenvalue weighted by molar-refractivity contribution is 5.80. The van der Waals surface area contributed by atoms with E-state index in [-0.39, 0.29) is 0 Å². The van der Waals surface area contributed by atoms with Crippen molar-refractivity contribution in [1.82, 2.24) is 10.6 Å². The minimum atomic E-state index is 0.448. The first-order valence-corrected chi connectivity index (χ1v) is 7.78. The average molecular weight is 289 g/mol. The molecular weight excluding hydrogens is 262 g/mol. The maximum absolute atomic E-state index is 5.76. The van der Waals surface area contributed by atoms with Crippen molar-refractivity contribution in [3.63, 3.8) is 0 Å². The van der Waals surface area contributed by atoms with E-state index in [1.54, 1.807) is 0 Å². The topological polar surface area (TPSA) is 45.7 Å². The molecule has 2 rings (SSSR count). The first kappa shape index (κ1) is 15.8. The molecule has 0 amide bonds. The molecule has 1 fully saturated rings. The van der Waals surface area contributed by atoms with Gasteiger partial charge in [-0.05, 0) is 23.8 Å². The van der Waals surface area contributed by atoms with Gasteiger partial charge in [-0.15, -0.1) is 0 Å². The molecular formula is C17H27N3O. The Balaban J connectivity index is 1.59. The van der Waals surface area contributed by atoms with Gasteiger partial charge in [0.2, 0.25) is 0 Å². The number of benzene rings is 1. The fourth-order valence-electron chi connectivity index (χ4n) is 2.18. The van der Waals surface area contributed by atoms with Crippen LogP contribution in [0.5, 0.6) is 0 Å². The average Bonchev–Trinajstić information content (AvgIpc) is 3.19. The first-order valence-electron chi connectivity index (χ1n) is 7.78. The fraction of sp³-hybridized carbons (Fsp3) is 0.588. The van der Waals surface area contributed by atoms with Crippen LogP contribution in [0.15, 0.2) is 35.3 Å². The molecule has 0 bridgehead atoms. The van der Waals surface area contributed by atoms with E-state index in [0.29, 0.717) is 18.6 Å². The quantitative estimate of drug-likeness (QED) is 0.598. The number of hydrogen-bond donors (Lipinski definition) is 2. The molecule has 3 unspecified atom stereocenters. The molecule has 4 heteroatoms. The summed E-state index contributed by atoms with van der Waals surface area (Å²) in [7, 11) is 1.82. The fourth-order valence-corrected chi connectivity index (χ4v) is 2.18. The third-order valence-electron chi connectivity index (χ3n) is 3.79. The molecule has 0 aromatic heterocycles. The van der Waals surface area contributed by atoms with E-state index in [2.05, 4.69) is 41.6 Å². The van der Waals surface area contributed by atoms with E-state index in [1.165, 1.54) is 12.0 Å². The van der Waals surface area contributed by atoms with Crippen LogP contribution in [0.2, 0.25) is 0 Å². The zero-order valence-electron chi connectivity index (χ0n) is 13.3. The Morgan fingerprint density at radius 2 is 2.10 bits per heavy atom. The van der Waals surface area contributed by atoms with E-state index in [9.17, 15) is 0 Å². The molecule has 21 heavy (non-hydrogen) atoms. The second kappa shape index (κ2) is 8.03. The molecule has 4 nitrogen and oxygen atoms in total. The van der Waals surface area contributed by atoms with Gasteiger partial charge in [-0.3, -0.25) is 4.99 Å². The van der Waals surface area contributed by atoms with Crippen LogP contribution < -0.4 is 10.6 Å². The molecule has 2 N–H and O–H groups in total. The summed E-state index contributed by atoms with van der Waals surface area (Å²) < 4.78 is 5.76. The Morgan fingerprint density at radius 3 is 2.71 bits per heavy atom. The Kier molecular flexibility index (Phi) is 6.05. The Morgan fingerprint density at radius 1 is 1.38 bits per heavy atom. The van der Waals surface area contributed by atoms with E-state index >= 15 is 0 Å². The highest BCUT2D eigenvalue weighted by Gasteiger charge is 2.33. The van der Waals surface area contributed by atoms with E-state index in [4.69, 9.17) is 4.74 Å². The maximum Gasteiger partial charge on any atom is 0.191 e. The van der Waals surface area contributed by atoms with Gasteiger partial charge in [0.15, 0.2) is 5.96 Å². The molecule has 1 saturated carbocycles. The lowest BCUT2D eigenvalue weighted by Gasteiger charge is -2.16. The molecule has 1 aliphatic carbocycles. The normalized spacial score (nSPS) is 22.7. The largest absolute Gasteiger partial charge is 0.376 e. The van der Waals surface area contributed by atoms with Crippen LogP contribution in [-0.4, -0.2) is 32.2 Å². The van der Waals surface area contributed by atoms with Crippen molar-refractivity contribution in [3.8, 4) is 0 Å². The highest BCUT2D eigenvalue weighted by Crippen LogP contribution is 2.28. The Labute approximate surface area is 128 Å². The van der Waals surface area contributed by atoms with Gasteiger partial charge >= 0.3 is 0 Å². The van der Waals surface area contributed by atoms with Gasteiger partial charge in [0.05, 0.1) is 13.2 Å². The van der Waals surface area contributed by atoms with Gasteiger partial charge in [0, 0.05) is 19.6 Å². The summed E-state index contributed by atoms with van der Waals surface area (Å²) in [5, 5.41) is 6.79. The summed E-state index contributed by atoms with van der Waals surface area (Å²) in [6.45, 7) is 6.74. The van der Waals surface area contributed by atoms with Crippen molar-refractivity contribution in [3.05, 3.63) is 35.9 Å². The van der Waals surface area contributed by atoms with Crippen LogP contribution in [0.3, 0.4) is 0 Å². The highest BCUT2D eigenvalue weighted by atomic mass is 16.5. The van der Waals surface area contributed by atoms with E-state index in [1.807, 2.05) is 25.2 Å². The third-order valence-corrected chi connectivity index (χ3v) is 3.79. The van der Waals surface area contributed by atoms with Crippen LogP contribution in [0.25, 0.3) is 0 Å². The lowest BCUT2D eigenvalue weighted by molar-refractivity contribution is 0.0931. The Bertz CT molecular complexity index is 447. The minimum absolute atomic E-state index is 0.448. The van der Waals surface area contributed by atoms with Crippen LogP contribution in [-0.2, 0) is 11.3 Å². The standard InChI is InChI=1S/C17H27N3O/c1-13(11-21-12-15-7-5-4-6-8-15)10-19-17(18-3)20-16-9-14(16)2/h4-8,13-14,16H,9-12H2,1-3H3,(H2,18,19,20). The second-order valence-electron chi connectivity index (χ2n) is 6.02. The smallest absolute Gasteiger partial charge is 0.191 e. The number of rotatable bonds is 7. The van der Waals surface area contributed by atoms with Crippen LogP contribution >= 0.6 is 0 Å². The zero-order chi connectivity index (χ0) is 15.1. The molecule has 0 spiro atoms. The SMILES string of the molecule is CN=C(NCC(C)COCc1ccccc1)NC1CC1C. The van der Waals surface area contributed by atoms with Crippen molar-refractivity contribution in [2.24, 2.45) is 16.8 Å². The summed E-state index contributed by atoms with van der Waals surface area (Å²) in [6, 6.07) is 10.9. The number of nitrogens with one attached hydrogen (secondary N) is 2. The number of nitrogens with zero attached hydrogens (tertiary/aromatic N) is 1. The summed E-state index contributed by atoms with van der Waals surface area (Å²) in [5.41, 5.74) is 1.22. The lowest BCUT2D eigenvalue weighted by Crippen LogP contribution is -2.41. The summed E-state index contributed by atoms with van der Waals surface area (Å²) in [5.74, 6) is 2.12. The molecule has 3 atom stereocenters. The molecule has 1 aromatic rings. The van der Waals surface area contributed by atoms with E-state index in [0.717, 1.165) is 25.0 Å². The minimum Gasteiger partial charge on any atom is -0.376 e. The lowest BCUT2D eigenvalue weighted by atomic mass is 10.2. The van der Waals surface area contributed by atoms with Crippen molar-refractivity contribution >= 4 is 5.96 Å². The molecule has 1 aliphatic rings. The third kappa shape index (κ3) is 5.76. The second-order valence-corrected chi connectivity index (χ2v) is 6.02. The van der Waals surface area contributed by atoms with Crippen LogP contribution in [0.1, 0.15) is 25.8 Å². The van der Waals surface area contributed by atoms with Crippen LogP contribution in [0, 0.1) is 11.8 Å². The number of hydrogen-bond acceptors (Lipinski definition) is 2. The number of aliphatic imine (C=N–C) groups is 1. The zero-order valence-corrected chi connectivity index (χ0v) is 13.3. The molecule has 1 aromatic carbocycles. The number of guanidine groups is 1. The predicted octanol–water partition coefficient (Wildman–Crippen LogP) is 2.41. The van der Waals surface area contributed by atoms with Gasteiger partial charge in [0.25, 0.3) is 0 Å². The Hall–Kier alpha value is -1.55. The molecule has 0 saturated heterocycles. The van der Waals surface area contributed by atoms with Crippen molar-refractivity contribution < 1.29 is 4.74 Å². The molecule has 0 aliphatic heterocycles. The van der Waals surface area contributed by atoms with Gasteiger partial charge in [-0.2, -0.15) is 0 Å². The summed E-state index contributed by atoms with van der Waals surface area (Å²) >= 11 is 0. The first-order chi connectivity index (χ1) is 10.2. The predicted molar refractivity (Wildman–Crippen MR) is 87.3 cm³/mol. The number of ether oxygens (including phenoxy) is 1. The van der Waals surface area contributed by atoms with Crippen molar-refractivity contribution in [2.75, 3.05) is 20.2 Å². The van der Waals surface area contributed by atoms with Crippen molar-refractivity contribution in [2.45, 2.75) is 32.9 Å². The molecule has 116 valence electrons. The van der Waals surface area contributed by atoms with E-state index < -0.39 is 0 Å². The van der Waals surface area contributed by atoms with Crippen molar-refractivity contribution in [1.29, 1.82) is 0 Å². The molecule has 0 heterocycles. The van der Waals surface area contributed by atoms with Gasteiger partial charge < -0.3 is 15.4 Å². The maximum atomic E-state index is 5.76. The summed E-state index contributed by atoms with van der Waals surface area (Å²) in [4.78, 5) is 4.26. The monoisotopic (exact) mass is 289 g/mol. The summed E-state index contributed by atoms with van der Waals surface area (Å²) in [6.07, 6.45) is 1.25. The van der Waals surface area contributed by atoms with Gasteiger partial charge in [-0.1, -0.05) is 44.2 Å². The molecule has 0 radical (unpaired) electrons.